The van der Waals surface area contributed by atoms with Crippen LogP contribution in [0.2, 0.25) is 0 Å². The summed E-state index contributed by atoms with van der Waals surface area (Å²) in [7, 11) is 0. The lowest BCUT2D eigenvalue weighted by atomic mass is 9.84. The largest absolute Gasteiger partial charge is 0.355 e. The van der Waals surface area contributed by atoms with Crippen LogP contribution in [-0.2, 0) is 10.2 Å². The van der Waals surface area contributed by atoms with Gasteiger partial charge in [-0.05, 0) is 31.0 Å². The molecule has 0 unspecified atom stereocenters. The van der Waals surface area contributed by atoms with Crippen LogP contribution in [0.3, 0.4) is 0 Å². The molecule has 1 aromatic carbocycles. The molecule has 3 N–H and O–H groups in total. The molecule has 1 amide bonds. The summed E-state index contributed by atoms with van der Waals surface area (Å²) in [6, 6.07) is 6.72. The molecule has 1 rings (SSSR count). The number of rotatable bonds is 9. The third kappa shape index (κ3) is 6.25. The third-order valence-corrected chi connectivity index (χ3v) is 3.69. The van der Waals surface area contributed by atoms with Crippen LogP contribution in [0.5, 0.6) is 0 Å². The molecule has 0 saturated heterocycles. The van der Waals surface area contributed by atoms with Crippen LogP contribution in [-0.4, -0.2) is 19.0 Å². The smallest absolute Gasteiger partial charge is 0.220 e. The van der Waals surface area contributed by atoms with E-state index in [2.05, 4.69) is 5.32 Å². The van der Waals surface area contributed by atoms with E-state index < -0.39 is 5.41 Å². The highest BCUT2D eigenvalue weighted by Gasteiger charge is 2.24. The molecule has 0 aromatic heterocycles. The molecule has 21 heavy (non-hydrogen) atoms. The van der Waals surface area contributed by atoms with Crippen molar-refractivity contribution in [2.75, 3.05) is 13.1 Å². The Bertz CT molecular complexity index is 446. The topological polar surface area (TPSA) is 55.1 Å². The lowest BCUT2D eigenvalue weighted by Gasteiger charge is -2.26. The maximum Gasteiger partial charge on any atom is 0.220 e. The average Bonchev–Trinajstić information content (AvgIpc) is 2.45. The van der Waals surface area contributed by atoms with Crippen molar-refractivity contribution in [2.24, 2.45) is 5.73 Å². The molecule has 3 nitrogen and oxygen atoms in total. The number of halogens is 1. The molecule has 0 spiro atoms. The van der Waals surface area contributed by atoms with E-state index in [1.807, 2.05) is 19.9 Å². The van der Waals surface area contributed by atoms with Crippen LogP contribution in [0.15, 0.2) is 24.3 Å². The molecule has 0 radical (unpaired) electrons. The molecule has 0 fully saturated rings. The van der Waals surface area contributed by atoms with Crippen molar-refractivity contribution in [3.05, 3.63) is 35.6 Å². The zero-order valence-electron chi connectivity index (χ0n) is 13.1. The zero-order chi connectivity index (χ0) is 15.7. The number of hydrogen-bond donors (Lipinski definition) is 2. The predicted octanol–water partition coefficient (Wildman–Crippen LogP) is 3.13. The second-order valence-corrected chi connectivity index (χ2v) is 6.09. The SMILES string of the molecule is CC(C)(CNC(=O)CCCCCCN)c1ccccc1F. The Balaban J connectivity index is 2.36. The number of carbonyl (C=O) groups excluding carboxylic acids is 1. The number of amides is 1. The van der Waals surface area contributed by atoms with Crippen molar-refractivity contribution in [3.8, 4) is 0 Å². The number of benzene rings is 1. The Kier molecular flexibility index (Phi) is 7.37. The van der Waals surface area contributed by atoms with E-state index in [1.54, 1.807) is 12.1 Å². The van der Waals surface area contributed by atoms with Gasteiger partial charge in [0.05, 0.1) is 0 Å². The fraction of sp³-hybridized carbons (Fsp3) is 0.588. The first-order valence-electron chi connectivity index (χ1n) is 7.69. The number of carbonyl (C=O) groups is 1. The van der Waals surface area contributed by atoms with Gasteiger partial charge in [0.15, 0.2) is 0 Å². The van der Waals surface area contributed by atoms with Gasteiger partial charge in [0.25, 0.3) is 0 Å². The van der Waals surface area contributed by atoms with Gasteiger partial charge in [-0.3, -0.25) is 4.79 Å². The predicted molar refractivity (Wildman–Crippen MR) is 84.6 cm³/mol. The van der Waals surface area contributed by atoms with Crippen molar-refractivity contribution in [1.29, 1.82) is 0 Å². The highest BCUT2D eigenvalue weighted by Crippen LogP contribution is 2.24. The average molecular weight is 294 g/mol. The van der Waals surface area contributed by atoms with Gasteiger partial charge < -0.3 is 11.1 Å². The zero-order valence-corrected chi connectivity index (χ0v) is 13.1. The first kappa shape index (κ1) is 17.6. The van der Waals surface area contributed by atoms with Gasteiger partial charge in [0.2, 0.25) is 5.91 Å². The van der Waals surface area contributed by atoms with E-state index >= 15 is 0 Å². The Hall–Kier alpha value is -1.42. The molecular weight excluding hydrogens is 267 g/mol. The van der Waals surface area contributed by atoms with Gasteiger partial charge in [-0.15, -0.1) is 0 Å². The minimum absolute atomic E-state index is 0.0344. The van der Waals surface area contributed by atoms with Crippen LogP contribution in [0.1, 0.15) is 51.5 Å². The highest BCUT2D eigenvalue weighted by atomic mass is 19.1. The summed E-state index contributed by atoms with van der Waals surface area (Å²) < 4.78 is 13.8. The lowest BCUT2D eigenvalue weighted by molar-refractivity contribution is -0.121. The fourth-order valence-corrected chi connectivity index (χ4v) is 2.30. The lowest BCUT2D eigenvalue weighted by Crippen LogP contribution is -2.37. The minimum atomic E-state index is -0.416. The maximum atomic E-state index is 13.8. The number of hydrogen-bond acceptors (Lipinski definition) is 2. The number of nitrogens with two attached hydrogens (primary N) is 1. The van der Waals surface area contributed by atoms with Crippen molar-refractivity contribution in [3.63, 3.8) is 0 Å². The Labute approximate surface area is 127 Å². The van der Waals surface area contributed by atoms with Crippen molar-refractivity contribution in [2.45, 2.75) is 51.4 Å². The van der Waals surface area contributed by atoms with Gasteiger partial charge >= 0.3 is 0 Å². The number of unbranched alkanes of at least 4 members (excludes halogenated alkanes) is 3. The maximum absolute atomic E-state index is 13.8. The van der Waals surface area contributed by atoms with Gasteiger partial charge in [0, 0.05) is 18.4 Å². The Morgan fingerprint density at radius 1 is 1.19 bits per heavy atom. The summed E-state index contributed by atoms with van der Waals surface area (Å²) in [4.78, 5) is 11.8. The van der Waals surface area contributed by atoms with Crippen molar-refractivity contribution in [1.82, 2.24) is 5.32 Å². The molecule has 0 aliphatic heterocycles. The second-order valence-electron chi connectivity index (χ2n) is 6.09. The van der Waals surface area contributed by atoms with Crippen LogP contribution in [0.25, 0.3) is 0 Å². The summed E-state index contributed by atoms with van der Waals surface area (Å²) in [5.74, 6) is -0.189. The van der Waals surface area contributed by atoms with E-state index in [-0.39, 0.29) is 11.7 Å². The van der Waals surface area contributed by atoms with E-state index in [0.717, 1.165) is 25.7 Å². The van der Waals surface area contributed by atoms with Crippen molar-refractivity contribution >= 4 is 5.91 Å². The molecule has 118 valence electrons. The van der Waals surface area contributed by atoms with E-state index in [1.165, 1.54) is 6.07 Å². The quantitative estimate of drug-likeness (QED) is 0.688. The summed E-state index contributed by atoms with van der Waals surface area (Å²) in [5, 5.41) is 2.91. The van der Waals surface area contributed by atoms with Gasteiger partial charge in [-0.2, -0.15) is 0 Å². The van der Waals surface area contributed by atoms with E-state index in [4.69, 9.17) is 5.73 Å². The van der Waals surface area contributed by atoms with Gasteiger partial charge in [-0.1, -0.05) is 44.9 Å². The first-order chi connectivity index (χ1) is 9.97. The van der Waals surface area contributed by atoms with Crippen LogP contribution in [0, 0.1) is 5.82 Å². The molecule has 1 aromatic rings. The van der Waals surface area contributed by atoms with Crippen molar-refractivity contribution < 1.29 is 9.18 Å². The van der Waals surface area contributed by atoms with Crippen LogP contribution in [0.4, 0.5) is 4.39 Å². The summed E-state index contributed by atoms with van der Waals surface area (Å²) in [5.41, 5.74) is 5.64. The summed E-state index contributed by atoms with van der Waals surface area (Å²) in [6.07, 6.45) is 4.53. The monoisotopic (exact) mass is 294 g/mol. The first-order valence-corrected chi connectivity index (χ1v) is 7.69. The Morgan fingerprint density at radius 2 is 1.86 bits per heavy atom. The second kappa shape index (κ2) is 8.78. The normalized spacial score (nSPS) is 11.4. The molecule has 0 bridgehead atoms. The molecule has 0 aliphatic carbocycles. The minimum Gasteiger partial charge on any atom is -0.355 e. The molecular formula is C17H27FN2O. The Morgan fingerprint density at radius 3 is 2.52 bits per heavy atom. The van der Waals surface area contributed by atoms with Gasteiger partial charge in [0.1, 0.15) is 5.82 Å². The van der Waals surface area contributed by atoms with Crippen LogP contribution >= 0.6 is 0 Å². The van der Waals surface area contributed by atoms with E-state index in [9.17, 15) is 9.18 Å². The standard InChI is InChI=1S/C17H27FN2O/c1-17(2,14-9-6-7-10-15(14)18)13-20-16(21)11-5-3-4-8-12-19/h6-7,9-10H,3-5,8,11-13,19H2,1-2H3,(H,20,21). The highest BCUT2D eigenvalue weighted by molar-refractivity contribution is 5.75. The molecule has 0 atom stereocenters. The van der Waals surface area contributed by atoms with Crippen LogP contribution < -0.4 is 11.1 Å². The fourth-order valence-electron chi connectivity index (χ4n) is 2.30. The van der Waals surface area contributed by atoms with Gasteiger partial charge in [-0.25, -0.2) is 4.39 Å². The number of nitrogens with one attached hydrogen (secondary N) is 1. The molecule has 0 aliphatic rings. The molecule has 4 heteroatoms. The molecule has 0 heterocycles. The summed E-state index contributed by atoms with van der Waals surface area (Å²) in [6.45, 7) is 5.03. The third-order valence-electron chi connectivity index (χ3n) is 3.69. The molecule has 0 saturated carbocycles. The van der Waals surface area contributed by atoms with E-state index in [0.29, 0.717) is 25.1 Å². The summed E-state index contributed by atoms with van der Waals surface area (Å²) >= 11 is 0.